The molecule has 3 aromatic carbocycles. The van der Waals surface area contributed by atoms with Crippen LogP contribution < -0.4 is 4.90 Å². The van der Waals surface area contributed by atoms with Gasteiger partial charge in [-0.1, -0.05) is 70.5 Å². The van der Waals surface area contributed by atoms with Crippen molar-refractivity contribution in [2.24, 2.45) is 0 Å². The topological polar surface area (TPSA) is 24.8 Å². The molecule has 0 aromatic heterocycles. The summed E-state index contributed by atoms with van der Waals surface area (Å²) in [5, 5.41) is 2.17. The highest BCUT2D eigenvalue weighted by Gasteiger charge is 2.25. The number of benzene rings is 3. The Morgan fingerprint density at radius 2 is 1.62 bits per heavy atom. The second kappa shape index (κ2) is 7.60. The van der Waals surface area contributed by atoms with Crippen LogP contribution in [0.4, 0.5) is 0 Å². The number of carbonyl (C=O) groups is 1. The zero-order chi connectivity index (χ0) is 17.9. The number of fused-ring (bicyclic) bond motifs is 1. The van der Waals surface area contributed by atoms with Gasteiger partial charge in [0.25, 0.3) is 5.91 Å². The third-order valence-electron chi connectivity index (χ3n) is 5.18. The van der Waals surface area contributed by atoms with E-state index in [1.807, 2.05) is 41.3 Å². The smallest absolute Gasteiger partial charge is 0.254 e. The first kappa shape index (κ1) is 17.3. The lowest BCUT2D eigenvalue weighted by Crippen LogP contribution is -3.13. The van der Waals surface area contributed by atoms with Gasteiger partial charge >= 0.3 is 0 Å². The van der Waals surface area contributed by atoms with Crippen molar-refractivity contribution in [3.8, 4) is 0 Å². The zero-order valence-electron chi connectivity index (χ0n) is 14.6. The van der Waals surface area contributed by atoms with Crippen LogP contribution in [0.15, 0.2) is 71.2 Å². The number of quaternary nitrogens is 1. The summed E-state index contributed by atoms with van der Waals surface area (Å²) in [5.41, 5.74) is 2.15. The van der Waals surface area contributed by atoms with E-state index in [9.17, 15) is 4.79 Å². The number of hydrogen-bond donors (Lipinski definition) is 1. The van der Waals surface area contributed by atoms with Crippen molar-refractivity contribution in [3.63, 3.8) is 0 Å². The van der Waals surface area contributed by atoms with Crippen molar-refractivity contribution in [2.75, 3.05) is 26.2 Å². The Kier molecular flexibility index (Phi) is 5.05. The number of piperazine rings is 1. The lowest BCUT2D eigenvalue weighted by Gasteiger charge is -2.32. The van der Waals surface area contributed by atoms with Gasteiger partial charge in [-0.25, -0.2) is 0 Å². The number of carbonyl (C=O) groups excluding carboxylic acids is 1. The average Bonchev–Trinajstić information content (AvgIpc) is 2.69. The van der Waals surface area contributed by atoms with Gasteiger partial charge in [-0.15, -0.1) is 0 Å². The Morgan fingerprint density at radius 3 is 2.42 bits per heavy atom. The second-order valence-corrected chi connectivity index (χ2v) is 7.69. The lowest BCUT2D eigenvalue weighted by molar-refractivity contribution is -0.917. The van der Waals surface area contributed by atoms with E-state index >= 15 is 0 Å². The lowest BCUT2D eigenvalue weighted by atomic mass is 10.0. The first-order chi connectivity index (χ1) is 12.7. The molecule has 1 aliphatic rings. The molecule has 3 nitrogen and oxygen atoms in total. The first-order valence-corrected chi connectivity index (χ1v) is 9.86. The second-order valence-electron chi connectivity index (χ2n) is 6.84. The fourth-order valence-corrected chi connectivity index (χ4v) is 4.12. The van der Waals surface area contributed by atoms with Crippen LogP contribution >= 0.6 is 15.9 Å². The van der Waals surface area contributed by atoms with Crippen LogP contribution in [0.2, 0.25) is 0 Å². The molecule has 132 valence electrons. The Morgan fingerprint density at radius 1 is 0.923 bits per heavy atom. The summed E-state index contributed by atoms with van der Waals surface area (Å²) in [6.45, 7) is 4.58. The minimum absolute atomic E-state index is 0.154. The number of rotatable bonds is 3. The molecule has 0 atom stereocenters. The van der Waals surface area contributed by atoms with Crippen LogP contribution in [0.5, 0.6) is 0 Å². The van der Waals surface area contributed by atoms with Gasteiger partial charge in [0, 0.05) is 15.6 Å². The van der Waals surface area contributed by atoms with E-state index in [4.69, 9.17) is 0 Å². The van der Waals surface area contributed by atoms with Gasteiger partial charge in [0.05, 0.1) is 26.2 Å². The normalized spacial score (nSPS) is 15.3. The van der Waals surface area contributed by atoms with Gasteiger partial charge in [0.2, 0.25) is 0 Å². The van der Waals surface area contributed by atoms with E-state index in [1.54, 1.807) is 0 Å². The SMILES string of the molecule is O=C(c1cccc2ccccc12)N1CC[NH+](Cc2ccccc2Br)CC1. The summed E-state index contributed by atoms with van der Waals surface area (Å²) >= 11 is 3.63. The maximum absolute atomic E-state index is 13.0. The Bertz CT molecular complexity index is 927. The molecule has 0 saturated carbocycles. The highest BCUT2D eigenvalue weighted by molar-refractivity contribution is 9.10. The van der Waals surface area contributed by atoms with Crippen LogP contribution in [0.3, 0.4) is 0 Å². The monoisotopic (exact) mass is 409 g/mol. The fourth-order valence-electron chi connectivity index (χ4n) is 3.70. The van der Waals surface area contributed by atoms with Gasteiger partial charge in [-0.3, -0.25) is 4.79 Å². The molecule has 1 N–H and O–H groups in total. The minimum Gasteiger partial charge on any atom is -0.328 e. The van der Waals surface area contributed by atoms with Crippen LogP contribution in [0, 0.1) is 0 Å². The van der Waals surface area contributed by atoms with Gasteiger partial charge in [0.15, 0.2) is 0 Å². The van der Waals surface area contributed by atoms with Crippen molar-refractivity contribution in [1.82, 2.24) is 4.90 Å². The maximum Gasteiger partial charge on any atom is 0.254 e. The summed E-state index contributed by atoms with van der Waals surface area (Å²) in [6, 6.07) is 22.5. The molecule has 1 amide bonds. The summed E-state index contributed by atoms with van der Waals surface area (Å²) < 4.78 is 1.17. The molecule has 0 unspecified atom stereocenters. The van der Waals surface area contributed by atoms with Crippen molar-refractivity contribution in [1.29, 1.82) is 0 Å². The predicted octanol–water partition coefficient (Wildman–Crippen LogP) is 3.14. The molecule has 4 heteroatoms. The number of nitrogens with one attached hydrogen (secondary N) is 1. The highest BCUT2D eigenvalue weighted by Crippen LogP contribution is 2.20. The Balaban J connectivity index is 1.44. The summed E-state index contributed by atoms with van der Waals surface area (Å²) in [4.78, 5) is 16.6. The molecule has 4 rings (SSSR count). The number of hydrogen-bond acceptors (Lipinski definition) is 1. The van der Waals surface area contributed by atoms with Gasteiger partial charge in [0.1, 0.15) is 6.54 Å². The Hall–Kier alpha value is -2.17. The van der Waals surface area contributed by atoms with Crippen molar-refractivity contribution in [3.05, 3.63) is 82.3 Å². The molecule has 0 bridgehead atoms. The van der Waals surface area contributed by atoms with Crippen molar-refractivity contribution < 1.29 is 9.69 Å². The van der Waals surface area contributed by atoms with E-state index < -0.39 is 0 Å². The molecular weight excluding hydrogens is 388 g/mol. The molecule has 0 spiro atoms. The molecule has 1 heterocycles. The van der Waals surface area contributed by atoms with Crippen LogP contribution in [-0.2, 0) is 6.54 Å². The third kappa shape index (κ3) is 3.53. The van der Waals surface area contributed by atoms with E-state index in [2.05, 4.69) is 46.3 Å². The third-order valence-corrected chi connectivity index (χ3v) is 5.95. The van der Waals surface area contributed by atoms with Gasteiger partial charge < -0.3 is 9.80 Å². The average molecular weight is 410 g/mol. The van der Waals surface area contributed by atoms with Crippen LogP contribution in [0.1, 0.15) is 15.9 Å². The summed E-state index contributed by atoms with van der Waals surface area (Å²) in [5.74, 6) is 0.154. The largest absolute Gasteiger partial charge is 0.328 e. The van der Waals surface area contributed by atoms with E-state index in [1.165, 1.54) is 14.9 Å². The summed E-state index contributed by atoms with van der Waals surface area (Å²) in [6.07, 6.45) is 0. The highest BCUT2D eigenvalue weighted by atomic mass is 79.9. The molecule has 1 saturated heterocycles. The van der Waals surface area contributed by atoms with Crippen molar-refractivity contribution >= 4 is 32.6 Å². The van der Waals surface area contributed by atoms with Crippen molar-refractivity contribution in [2.45, 2.75) is 6.54 Å². The molecule has 26 heavy (non-hydrogen) atoms. The van der Waals surface area contributed by atoms with E-state index in [-0.39, 0.29) is 5.91 Å². The molecule has 1 aliphatic heterocycles. The zero-order valence-corrected chi connectivity index (χ0v) is 16.2. The summed E-state index contributed by atoms with van der Waals surface area (Å²) in [7, 11) is 0. The standard InChI is InChI=1S/C22H21BrN2O/c23-21-11-4-2-7-18(21)16-24-12-14-25(15-13-24)22(26)20-10-5-8-17-6-1-3-9-19(17)20/h1-11H,12-16H2/p+1. The number of halogens is 1. The van der Waals surface area contributed by atoms with Gasteiger partial charge in [-0.2, -0.15) is 0 Å². The first-order valence-electron chi connectivity index (χ1n) is 9.06. The van der Waals surface area contributed by atoms with Crippen LogP contribution in [-0.4, -0.2) is 37.0 Å². The minimum atomic E-state index is 0.154. The maximum atomic E-state index is 13.0. The predicted molar refractivity (Wildman–Crippen MR) is 108 cm³/mol. The van der Waals surface area contributed by atoms with Crippen LogP contribution in [0.25, 0.3) is 10.8 Å². The van der Waals surface area contributed by atoms with E-state index in [0.29, 0.717) is 0 Å². The molecule has 0 aliphatic carbocycles. The molecule has 1 fully saturated rings. The fraction of sp³-hybridized carbons (Fsp3) is 0.227. The Labute approximate surface area is 162 Å². The molecular formula is C22H22BrN2O+. The number of nitrogens with zero attached hydrogens (tertiary/aromatic N) is 1. The van der Waals surface area contributed by atoms with Gasteiger partial charge in [-0.05, 0) is 22.9 Å². The number of amides is 1. The van der Waals surface area contributed by atoms with E-state index in [0.717, 1.165) is 49.1 Å². The molecule has 0 radical (unpaired) electrons. The quantitative estimate of drug-likeness (QED) is 0.705. The molecule has 3 aromatic rings.